The topological polar surface area (TPSA) is 75.9 Å². The van der Waals surface area contributed by atoms with E-state index in [1.165, 1.54) is 17.3 Å². The van der Waals surface area contributed by atoms with Crippen molar-refractivity contribution in [1.29, 1.82) is 0 Å². The van der Waals surface area contributed by atoms with Crippen molar-refractivity contribution in [2.75, 3.05) is 31.6 Å². The predicted octanol–water partition coefficient (Wildman–Crippen LogP) is 0.636. The van der Waals surface area contributed by atoms with Crippen LogP contribution in [0.2, 0.25) is 5.28 Å². The van der Waals surface area contributed by atoms with Crippen LogP contribution in [-0.2, 0) is 0 Å². The van der Waals surface area contributed by atoms with Crippen LogP contribution in [0.3, 0.4) is 0 Å². The van der Waals surface area contributed by atoms with Gasteiger partial charge in [-0.05, 0) is 38.5 Å². The second-order valence-electron chi connectivity index (χ2n) is 5.20. The van der Waals surface area contributed by atoms with Crippen molar-refractivity contribution in [3.63, 3.8) is 0 Å². The van der Waals surface area contributed by atoms with E-state index >= 15 is 0 Å². The minimum absolute atomic E-state index is 0.162. The highest BCUT2D eigenvalue weighted by Gasteiger charge is 2.23. The summed E-state index contributed by atoms with van der Waals surface area (Å²) in [5.74, 6) is 0.968. The molecule has 0 spiro atoms. The number of hydrogen-bond donors (Lipinski definition) is 0. The normalized spacial score (nSPS) is 20.5. The SMILES string of the molecule is CC1CN(C)CCCN1c1nc(Cl)nc(-n2cncn2)n1. The monoisotopic (exact) mass is 308 g/mol. The lowest BCUT2D eigenvalue weighted by Gasteiger charge is -2.28. The molecule has 0 aromatic carbocycles. The summed E-state index contributed by atoms with van der Waals surface area (Å²) < 4.78 is 1.48. The first-order valence-electron chi connectivity index (χ1n) is 6.85. The molecule has 1 fully saturated rings. The van der Waals surface area contributed by atoms with Gasteiger partial charge in [0.25, 0.3) is 5.95 Å². The average Bonchev–Trinajstić information content (AvgIpc) is 2.91. The van der Waals surface area contributed by atoms with Gasteiger partial charge in [-0.3, -0.25) is 0 Å². The highest BCUT2D eigenvalue weighted by atomic mass is 35.5. The van der Waals surface area contributed by atoms with Gasteiger partial charge in [-0.15, -0.1) is 0 Å². The summed E-state index contributed by atoms with van der Waals surface area (Å²) >= 11 is 6.04. The average molecular weight is 309 g/mol. The summed E-state index contributed by atoms with van der Waals surface area (Å²) in [6.45, 7) is 5.08. The van der Waals surface area contributed by atoms with Gasteiger partial charge < -0.3 is 9.80 Å². The zero-order chi connectivity index (χ0) is 14.8. The van der Waals surface area contributed by atoms with E-state index in [1.54, 1.807) is 0 Å². The number of halogens is 1. The molecular weight excluding hydrogens is 292 g/mol. The van der Waals surface area contributed by atoms with Crippen molar-refractivity contribution in [2.45, 2.75) is 19.4 Å². The van der Waals surface area contributed by atoms with E-state index in [0.717, 1.165) is 26.1 Å². The van der Waals surface area contributed by atoms with Crippen LogP contribution in [0.25, 0.3) is 5.95 Å². The third-order valence-electron chi connectivity index (χ3n) is 3.51. The summed E-state index contributed by atoms with van der Waals surface area (Å²) in [7, 11) is 2.13. The molecule has 2 aromatic rings. The van der Waals surface area contributed by atoms with Crippen LogP contribution < -0.4 is 4.90 Å². The van der Waals surface area contributed by atoms with Crippen molar-refractivity contribution in [3.05, 3.63) is 17.9 Å². The van der Waals surface area contributed by atoms with Crippen LogP contribution in [0.15, 0.2) is 12.7 Å². The lowest BCUT2D eigenvalue weighted by molar-refractivity contribution is 0.337. The van der Waals surface area contributed by atoms with E-state index in [9.17, 15) is 0 Å². The summed E-state index contributed by atoms with van der Waals surface area (Å²) in [5, 5.41) is 4.19. The van der Waals surface area contributed by atoms with Crippen molar-refractivity contribution in [3.8, 4) is 5.95 Å². The van der Waals surface area contributed by atoms with Crippen molar-refractivity contribution in [2.24, 2.45) is 0 Å². The fourth-order valence-electron chi connectivity index (χ4n) is 2.54. The first kappa shape index (κ1) is 14.2. The molecule has 1 saturated heterocycles. The molecule has 0 bridgehead atoms. The van der Waals surface area contributed by atoms with E-state index in [2.05, 4.69) is 48.8 Å². The lowest BCUT2D eigenvalue weighted by Crippen LogP contribution is -2.39. The molecule has 0 saturated carbocycles. The number of rotatable bonds is 2. The minimum Gasteiger partial charge on any atom is -0.337 e. The Kier molecular flexibility index (Phi) is 3.98. The maximum atomic E-state index is 6.04. The molecule has 9 heteroatoms. The zero-order valence-corrected chi connectivity index (χ0v) is 12.8. The maximum absolute atomic E-state index is 6.04. The number of anilines is 1. The molecule has 8 nitrogen and oxygen atoms in total. The van der Waals surface area contributed by atoms with E-state index < -0.39 is 0 Å². The molecule has 1 atom stereocenters. The standard InChI is InChI=1S/C12H17ClN8/c1-9-6-19(2)4-3-5-20(9)11-16-10(13)17-12(18-11)21-8-14-7-15-21/h7-9H,3-6H2,1-2H3. The zero-order valence-electron chi connectivity index (χ0n) is 12.0. The molecule has 21 heavy (non-hydrogen) atoms. The third kappa shape index (κ3) is 3.11. The van der Waals surface area contributed by atoms with E-state index in [-0.39, 0.29) is 5.28 Å². The Bertz CT molecular complexity index is 601. The first-order chi connectivity index (χ1) is 10.1. The Morgan fingerprint density at radius 3 is 2.76 bits per heavy atom. The largest absolute Gasteiger partial charge is 0.337 e. The highest BCUT2D eigenvalue weighted by Crippen LogP contribution is 2.18. The number of nitrogens with zero attached hydrogens (tertiary/aromatic N) is 8. The Hall–Kier alpha value is -1.80. The number of likely N-dealkylation sites (N-methyl/N-ethyl adjacent to an activating group) is 1. The Balaban J connectivity index is 1.94. The van der Waals surface area contributed by atoms with Gasteiger partial charge in [-0.1, -0.05) is 0 Å². The molecule has 0 radical (unpaired) electrons. The molecule has 1 aliphatic heterocycles. The highest BCUT2D eigenvalue weighted by molar-refractivity contribution is 6.28. The number of aromatic nitrogens is 6. The summed E-state index contributed by atoms with van der Waals surface area (Å²) in [6, 6.07) is 0.305. The second kappa shape index (κ2) is 5.90. The van der Waals surface area contributed by atoms with Crippen molar-refractivity contribution in [1.82, 2.24) is 34.6 Å². The molecule has 0 aliphatic carbocycles. The van der Waals surface area contributed by atoms with Gasteiger partial charge in [0, 0.05) is 19.1 Å². The van der Waals surface area contributed by atoms with Crippen LogP contribution in [-0.4, -0.2) is 67.3 Å². The summed E-state index contributed by atoms with van der Waals surface area (Å²) in [5.41, 5.74) is 0. The van der Waals surface area contributed by atoms with Gasteiger partial charge in [0.15, 0.2) is 0 Å². The van der Waals surface area contributed by atoms with E-state index in [1.807, 2.05) is 0 Å². The van der Waals surface area contributed by atoms with Crippen LogP contribution in [0, 0.1) is 0 Å². The van der Waals surface area contributed by atoms with E-state index in [0.29, 0.717) is 17.9 Å². The molecule has 1 unspecified atom stereocenters. The molecule has 3 rings (SSSR count). The van der Waals surface area contributed by atoms with Gasteiger partial charge in [0.1, 0.15) is 12.7 Å². The number of hydrogen-bond acceptors (Lipinski definition) is 7. The van der Waals surface area contributed by atoms with Gasteiger partial charge in [-0.2, -0.15) is 24.7 Å². The van der Waals surface area contributed by atoms with E-state index in [4.69, 9.17) is 11.6 Å². The van der Waals surface area contributed by atoms with Gasteiger partial charge in [0.05, 0.1) is 0 Å². The molecule has 0 amide bonds. The Labute approximate surface area is 127 Å². The molecule has 0 N–H and O–H groups in total. The first-order valence-corrected chi connectivity index (χ1v) is 7.23. The molecular formula is C12H17ClN8. The van der Waals surface area contributed by atoms with Crippen molar-refractivity contribution < 1.29 is 0 Å². The quantitative estimate of drug-likeness (QED) is 0.805. The molecule has 1 aliphatic rings. The second-order valence-corrected chi connectivity index (χ2v) is 5.54. The van der Waals surface area contributed by atoms with Crippen LogP contribution in [0.4, 0.5) is 5.95 Å². The van der Waals surface area contributed by atoms with Gasteiger partial charge in [-0.25, -0.2) is 4.98 Å². The predicted molar refractivity (Wildman–Crippen MR) is 78.7 cm³/mol. The maximum Gasteiger partial charge on any atom is 0.258 e. The van der Waals surface area contributed by atoms with Gasteiger partial charge in [0.2, 0.25) is 11.2 Å². The fourth-order valence-corrected chi connectivity index (χ4v) is 2.69. The van der Waals surface area contributed by atoms with Crippen LogP contribution >= 0.6 is 11.6 Å². The van der Waals surface area contributed by atoms with Crippen LogP contribution in [0.5, 0.6) is 0 Å². The molecule has 3 heterocycles. The smallest absolute Gasteiger partial charge is 0.258 e. The van der Waals surface area contributed by atoms with Gasteiger partial charge >= 0.3 is 0 Å². The minimum atomic E-state index is 0.162. The summed E-state index contributed by atoms with van der Waals surface area (Å²) in [6.07, 6.45) is 4.03. The lowest BCUT2D eigenvalue weighted by atomic mass is 10.3. The Morgan fingerprint density at radius 1 is 1.19 bits per heavy atom. The Morgan fingerprint density at radius 2 is 2.00 bits per heavy atom. The molecule has 112 valence electrons. The third-order valence-corrected chi connectivity index (χ3v) is 3.68. The van der Waals surface area contributed by atoms with Crippen LogP contribution in [0.1, 0.15) is 13.3 Å². The summed E-state index contributed by atoms with van der Waals surface area (Å²) in [4.78, 5) is 21.2. The molecule has 2 aromatic heterocycles. The van der Waals surface area contributed by atoms with Crippen molar-refractivity contribution >= 4 is 17.5 Å². The fraction of sp³-hybridized carbons (Fsp3) is 0.583.